The van der Waals surface area contributed by atoms with Crippen molar-refractivity contribution in [3.63, 3.8) is 0 Å². The summed E-state index contributed by atoms with van der Waals surface area (Å²) in [5.41, 5.74) is 11.3. The van der Waals surface area contributed by atoms with Crippen molar-refractivity contribution < 1.29 is 9.59 Å². The molecule has 0 spiro atoms. The quantitative estimate of drug-likeness (QED) is 0.646. The second kappa shape index (κ2) is 4.62. The van der Waals surface area contributed by atoms with E-state index in [1.807, 2.05) is 12.1 Å². The molecule has 0 radical (unpaired) electrons. The van der Waals surface area contributed by atoms with E-state index < -0.39 is 12.1 Å². The summed E-state index contributed by atoms with van der Waals surface area (Å²) >= 11 is 0. The molecule has 4 amide bonds. The van der Waals surface area contributed by atoms with E-state index in [4.69, 9.17) is 11.5 Å². The van der Waals surface area contributed by atoms with Crippen LogP contribution in [0.4, 0.5) is 21.0 Å². The van der Waals surface area contributed by atoms with Gasteiger partial charge in [-0.1, -0.05) is 24.3 Å². The number of nitrogens with two attached hydrogens (primary N) is 2. The highest BCUT2D eigenvalue weighted by atomic mass is 16.2. The van der Waals surface area contributed by atoms with Crippen LogP contribution in [0.5, 0.6) is 0 Å². The number of nitrogens with one attached hydrogen (secondary N) is 2. The van der Waals surface area contributed by atoms with Crippen LogP contribution in [-0.2, 0) is 0 Å². The maximum absolute atomic E-state index is 10.9. The predicted molar refractivity (Wildman–Crippen MR) is 70.4 cm³/mol. The van der Waals surface area contributed by atoms with E-state index >= 15 is 0 Å². The highest BCUT2D eigenvalue weighted by Gasteiger charge is 2.06. The van der Waals surface area contributed by atoms with Gasteiger partial charge in [-0.3, -0.25) is 0 Å². The highest BCUT2D eigenvalue weighted by Crippen LogP contribution is 2.29. The zero-order chi connectivity index (χ0) is 13.1. The number of rotatable bonds is 2. The van der Waals surface area contributed by atoms with Crippen LogP contribution < -0.4 is 22.1 Å². The Morgan fingerprint density at radius 3 is 1.50 bits per heavy atom. The molecule has 2 aromatic carbocycles. The summed E-state index contributed by atoms with van der Waals surface area (Å²) in [6.45, 7) is 0. The van der Waals surface area contributed by atoms with Crippen LogP contribution in [0.2, 0.25) is 0 Å². The van der Waals surface area contributed by atoms with Crippen molar-refractivity contribution in [3.05, 3.63) is 36.4 Å². The first-order chi connectivity index (χ1) is 8.58. The van der Waals surface area contributed by atoms with Crippen LogP contribution in [0, 0.1) is 0 Å². The summed E-state index contributed by atoms with van der Waals surface area (Å²) in [6, 6.07) is 9.29. The van der Waals surface area contributed by atoms with E-state index in [1.165, 1.54) is 0 Å². The van der Waals surface area contributed by atoms with E-state index in [9.17, 15) is 9.59 Å². The molecule has 0 unspecified atom stereocenters. The molecule has 2 rings (SSSR count). The number of benzene rings is 2. The van der Waals surface area contributed by atoms with E-state index in [1.54, 1.807) is 24.3 Å². The molecule has 0 atom stereocenters. The molecule has 0 aliphatic carbocycles. The fourth-order valence-corrected chi connectivity index (χ4v) is 1.79. The van der Waals surface area contributed by atoms with Gasteiger partial charge >= 0.3 is 12.1 Å². The number of anilines is 2. The summed E-state index contributed by atoms with van der Waals surface area (Å²) in [5, 5.41) is 6.58. The van der Waals surface area contributed by atoms with Crippen LogP contribution in [0.25, 0.3) is 10.8 Å². The van der Waals surface area contributed by atoms with Crippen molar-refractivity contribution in [1.29, 1.82) is 0 Å². The number of carbonyl (C=O) groups excluding carboxylic acids is 2. The molecule has 0 heterocycles. The van der Waals surface area contributed by atoms with Crippen molar-refractivity contribution in [1.82, 2.24) is 0 Å². The number of fused-ring (bicyclic) bond motifs is 1. The molecular formula is C12H12N4O2. The van der Waals surface area contributed by atoms with E-state index in [-0.39, 0.29) is 0 Å². The molecule has 2 aromatic rings. The molecule has 0 bridgehead atoms. The summed E-state index contributed by atoms with van der Waals surface area (Å²) < 4.78 is 0. The second-order valence-electron chi connectivity index (χ2n) is 3.68. The summed E-state index contributed by atoms with van der Waals surface area (Å²) in [7, 11) is 0. The normalized spacial score (nSPS) is 10.0. The Morgan fingerprint density at radius 2 is 1.17 bits per heavy atom. The third-order valence-corrected chi connectivity index (χ3v) is 2.44. The van der Waals surface area contributed by atoms with Gasteiger partial charge in [0.25, 0.3) is 0 Å². The van der Waals surface area contributed by atoms with Crippen LogP contribution >= 0.6 is 0 Å². The lowest BCUT2D eigenvalue weighted by Gasteiger charge is -2.10. The van der Waals surface area contributed by atoms with Gasteiger partial charge in [0.1, 0.15) is 0 Å². The van der Waals surface area contributed by atoms with Gasteiger partial charge in [0, 0.05) is 10.8 Å². The van der Waals surface area contributed by atoms with Gasteiger partial charge in [0.2, 0.25) is 0 Å². The van der Waals surface area contributed by atoms with Gasteiger partial charge in [-0.15, -0.1) is 0 Å². The van der Waals surface area contributed by atoms with Gasteiger partial charge in [0.15, 0.2) is 0 Å². The average molecular weight is 244 g/mol. The van der Waals surface area contributed by atoms with E-state index in [0.29, 0.717) is 11.4 Å². The van der Waals surface area contributed by atoms with Crippen molar-refractivity contribution in [2.75, 3.05) is 10.6 Å². The molecule has 0 saturated heterocycles. The van der Waals surface area contributed by atoms with E-state index in [2.05, 4.69) is 10.6 Å². The SMILES string of the molecule is NC(=O)Nc1cccc2c(NC(N)=O)cccc12. The number of primary amides is 2. The van der Waals surface area contributed by atoms with Gasteiger partial charge in [-0.05, 0) is 12.1 Å². The van der Waals surface area contributed by atoms with Crippen molar-refractivity contribution in [3.8, 4) is 0 Å². The summed E-state index contributed by atoms with van der Waals surface area (Å²) in [6.07, 6.45) is 0. The average Bonchev–Trinajstić information content (AvgIpc) is 2.29. The minimum atomic E-state index is -0.643. The van der Waals surface area contributed by atoms with Gasteiger partial charge in [-0.2, -0.15) is 0 Å². The zero-order valence-electron chi connectivity index (χ0n) is 9.44. The lowest BCUT2D eigenvalue weighted by atomic mass is 10.1. The fraction of sp³-hybridized carbons (Fsp3) is 0. The van der Waals surface area contributed by atoms with Gasteiger partial charge < -0.3 is 22.1 Å². The maximum Gasteiger partial charge on any atom is 0.316 e. The standard InChI is InChI=1S/C12H12N4O2/c13-11(17)15-9-5-1-3-7-8(9)4-2-6-10(7)16-12(14)18/h1-6H,(H3,13,15,17)(H3,14,16,18). The second-order valence-corrected chi connectivity index (χ2v) is 3.68. The summed E-state index contributed by atoms with van der Waals surface area (Å²) in [4.78, 5) is 21.8. The van der Waals surface area contributed by atoms with Gasteiger partial charge in [-0.25, -0.2) is 9.59 Å². The Bertz CT molecular complexity index is 569. The van der Waals surface area contributed by atoms with Crippen molar-refractivity contribution >= 4 is 34.2 Å². The highest BCUT2D eigenvalue weighted by molar-refractivity contribution is 6.08. The van der Waals surface area contributed by atoms with Crippen LogP contribution in [0.15, 0.2) is 36.4 Å². The number of urea groups is 2. The first-order valence-corrected chi connectivity index (χ1v) is 5.22. The number of amides is 4. The predicted octanol–water partition coefficient (Wildman–Crippen LogP) is 1.82. The Balaban J connectivity index is 2.57. The minimum Gasteiger partial charge on any atom is -0.351 e. The minimum absolute atomic E-state index is 0.577. The number of hydrogen-bond donors (Lipinski definition) is 4. The molecule has 0 saturated carbocycles. The Hall–Kier alpha value is -2.76. The fourth-order valence-electron chi connectivity index (χ4n) is 1.79. The molecular weight excluding hydrogens is 232 g/mol. The molecule has 0 aliphatic heterocycles. The first kappa shape index (κ1) is 11.7. The third kappa shape index (κ3) is 2.32. The third-order valence-electron chi connectivity index (χ3n) is 2.44. The molecule has 6 N–H and O–H groups in total. The smallest absolute Gasteiger partial charge is 0.316 e. The largest absolute Gasteiger partial charge is 0.351 e. The lowest BCUT2D eigenvalue weighted by Crippen LogP contribution is -2.20. The Morgan fingerprint density at radius 1 is 0.778 bits per heavy atom. The van der Waals surface area contributed by atoms with Crippen LogP contribution in [-0.4, -0.2) is 12.1 Å². The van der Waals surface area contributed by atoms with E-state index in [0.717, 1.165) is 10.8 Å². The topological polar surface area (TPSA) is 110 Å². The molecule has 0 aliphatic rings. The Kier molecular flexibility index (Phi) is 3.01. The van der Waals surface area contributed by atoms with Crippen molar-refractivity contribution in [2.45, 2.75) is 0 Å². The molecule has 0 fully saturated rings. The van der Waals surface area contributed by atoms with Crippen LogP contribution in [0.1, 0.15) is 0 Å². The zero-order valence-corrected chi connectivity index (χ0v) is 9.44. The maximum atomic E-state index is 10.9. The van der Waals surface area contributed by atoms with Crippen LogP contribution in [0.3, 0.4) is 0 Å². The molecule has 0 aromatic heterocycles. The molecule has 18 heavy (non-hydrogen) atoms. The Labute approximate surface area is 103 Å². The van der Waals surface area contributed by atoms with Gasteiger partial charge in [0.05, 0.1) is 11.4 Å². The van der Waals surface area contributed by atoms with Crippen molar-refractivity contribution in [2.24, 2.45) is 11.5 Å². The monoisotopic (exact) mass is 244 g/mol. The molecule has 6 heteroatoms. The lowest BCUT2D eigenvalue weighted by molar-refractivity contribution is 0.258. The number of carbonyl (C=O) groups is 2. The molecule has 92 valence electrons. The number of hydrogen-bond acceptors (Lipinski definition) is 2. The first-order valence-electron chi connectivity index (χ1n) is 5.22. The molecule has 6 nitrogen and oxygen atoms in total. The summed E-state index contributed by atoms with van der Waals surface area (Å²) in [5.74, 6) is 0.